The molecule has 0 spiro atoms. The van der Waals surface area contributed by atoms with Crippen molar-refractivity contribution in [2.45, 2.75) is 0 Å². The molecule has 0 aliphatic heterocycles. The second kappa shape index (κ2) is 9.81. The van der Waals surface area contributed by atoms with E-state index in [0.29, 0.717) is 11.1 Å². The number of carbonyl (C=O) groups is 2. The minimum atomic E-state index is -0.189. The maximum atomic E-state index is 13.4. The van der Waals surface area contributed by atoms with E-state index in [4.69, 9.17) is 0 Å². The molecule has 1 aliphatic carbocycles. The molecule has 0 saturated carbocycles. The molecule has 198 valence electrons. The number of nitrogens with zero attached hydrogens (tertiary/aromatic N) is 1. The van der Waals surface area contributed by atoms with E-state index in [0.717, 1.165) is 31.1 Å². The predicted octanol–water partition coefficient (Wildman–Crippen LogP) is 9.14. The van der Waals surface area contributed by atoms with Gasteiger partial charge >= 0.3 is 249 Å². The molecule has 3 nitrogen and oxygen atoms in total. The van der Waals surface area contributed by atoms with Crippen LogP contribution in [0.15, 0.2) is 139 Å². The molecule has 0 unspecified atom stereocenters. The Balaban J connectivity index is 1.25. The number of allylic oxidation sites excluding steroid dienone is 1. The van der Waals surface area contributed by atoms with Crippen molar-refractivity contribution in [1.29, 1.82) is 0 Å². The molecular weight excluding hydrogens is 581 g/mol. The second-order valence-corrected chi connectivity index (χ2v) is 12.8. The SMILES string of the molecule is O=C1C(=Cc2ccc(N(c3ccc4ccccc4c3)c3cccc4ccccc34)[se]2)C(=O)c2cc3ccccc3cc21. The average Bonchev–Trinajstić information content (AvgIpc) is 3.58. The van der Waals surface area contributed by atoms with Crippen LogP contribution in [-0.2, 0) is 0 Å². The monoisotopic (exact) mass is 605 g/mol. The van der Waals surface area contributed by atoms with Gasteiger partial charge in [-0.1, -0.05) is 0 Å². The third-order valence-electron chi connectivity index (χ3n) is 7.98. The van der Waals surface area contributed by atoms with E-state index in [-0.39, 0.29) is 31.6 Å². The first kappa shape index (κ1) is 24.7. The normalized spacial score (nSPS) is 12.8. The Morgan fingerprint density at radius 1 is 0.524 bits per heavy atom. The van der Waals surface area contributed by atoms with E-state index in [9.17, 15) is 9.59 Å². The molecule has 7 aromatic rings. The molecule has 1 aliphatic rings. The molecule has 1 aromatic heterocycles. The summed E-state index contributed by atoms with van der Waals surface area (Å²) >= 11 is -0.129. The topological polar surface area (TPSA) is 37.4 Å². The number of anilines is 3. The van der Waals surface area contributed by atoms with Crippen LogP contribution in [-0.4, -0.2) is 26.1 Å². The van der Waals surface area contributed by atoms with Gasteiger partial charge in [-0.25, -0.2) is 0 Å². The molecule has 0 saturated heterocycles. The minimum absolute atomic E-state index is 0.129. The van der Waals surface area contributed by atoms with Crippen LogP contribution in [0.25, 0.3) is 38.4 Å². The Morgan fingerprint density at radius 2 is 1.12 bits per heavy atom. The van der Waals surface area contributed by atoms with Crippen LogP contribution in [0.3, 0.4) is 0 Å². The number of carbonyl (C=O) groups excluding carboxylic acids is 2. The van der Waals surface area contributed by atoms with Crippen LogP contribution in [0.4, 0.5) is 15.9 Å². The van der Waals surface area contributed by atoms with E-state index in [1.54, 1.807) is 0 Å². The van der Waals surface area contributed by atoms with Crippen molar-refractivity contribution in [3.05, 3.63) is 155 Å². The van der Waals surface area contributed by atoms with Gasteiger partial charge in [-0.05, 0) is 0 Å². The summed E-state index contributed by atoms with van der Waals surface area (Å²) in [6, 6.07) is 45.5. The number of fused-ring (bicyclic) bond motifs is 4. The molecule has 0 fully saturated rings. The van der Waals surface area contributed by atoms with Gasteiger partial charge in [-0.2, -0.15) is 0 Å². The molecule has 0 amide bonds. The Bertz CT molecular complexity index is 2200. The van der Waals surface area contributed by atoms with Crippen LogP contribution >= 0.6 is 0 Å². The van der Waals surface area contributed by atoms with Gasteiger partial charge in [0.15, 0.2) is 0 Å². The molecule has 0 radical (unpaired) electrons. The quantitative estimate of drug-likeness (QED) is 0.114. The number of hydrogen-bond acceptors (Lipinski definition) is 3. The summed E-state index contributed by atoms with van der Waals surface area (Å²) < 4.78 is 2.14. The zero-order valence-electron chi connectivity index (χ0n) is 22.5. The number of Topliss-reactive ketones (excluding diaryl/α,β-unsaturated/α-hetero) is 2. The maximum absolute atomic E-state index is 13.4. The first-order valence-electron chi connectivity index (χ1n) is 13.8. The van der Waals surface area contributed by atoms with Crippen molar-refractivity contribution in [2.75, 3.05) is 4.90 Å². The van der Waals surface area contributed by atoms with Crippen molar-refractivity contribution in [3.63, 3.8) is 0 Å². The van der Waals surface area contributed by atoms with E-state index < -0.39 is 0 Å². The molecule has 6 aromatic carbocycles. The number of rotatable bonds is 4. The summed E-state index contributed by atoms with van der Waals surface area (Å²) in [5.74, 6) is -0.377. The van der Waals surface area contributed by atoms with Gasteiger partial charge in [0, 0.05) is 0 Å². The molecule has 42 heavy (non-hydrogen) atoms. The van der Waals surface area contributed by atoms with Crippen molar-refractivity contribution in [3.8, 4) is 0 Å². The van der Waals surface area contributed by atoms with E-state index in [1.807, 2.05) is 42.5 Å². The van der Waals surface area contributed by atoms with Crippen molar-refractivity contribution < 1.29 is 9.59 Å². The number of hydrogen-bond donors (Lipinski definition) is 0. The summed E-state index contributed by atoms with van der Waals surface area (Å²) in [5.41, 5.74) is 3.43. The molecular formula is C38H23NO2Se. The Kier molecular flexibility index (Phi) is 5.78. The van der Waals surface area contributed by atoms with Gasteiger partial charge < -0.3 is 0 Å². The fraction of sp³-hybridized carbons (Fsp3) is 0. The standard InChI is InChI=1S/C38H23NO2Se/c40-37-32-21-27-11-3-4-12-28(27)22-33(32)38(41)34(37)23-30-18-19-36(42-30)39(29-17-16-24-8-1-2-10-26(24)20-29)35-15-7-13-25-9-5-6-14-31(25)35/h1-23H. The summed E-state index contributed by atoms with van der Waals surface area (Å²) in [6.07, 6.45) is 1.82. The Hall–Kier alpha value is -5.02. The molecule has 8 rings (SSSR count). The second-order valence-electron chi connectivity index (χ2n) is 10.5. The van der Waals surface area contributed by atoms with Crippen LogP contribution in [0.5, 0.6) is 0 Å². The van der Waals surface area contributed by atoms with Crippen molar-refractivity contribution >= 4 is 80.4 Å². The van der Waals surface area contributed by atoms with Gasteiger partial charge in [-0.15, -0.1) is 0 Å². The summed E-state index contributed by atoms with van der Waals surface area (Å²) in [4.78, 5) is 29.2. The third kappa shape index (κ3) is 4.04. The number of benzene rings is 6. The van der Waals surface area contributed by atoms with Gasteiger partial charge in [0.05, 0.1) is 0 Å². The van der Waals surface area contributed by atoms with Crippen molar-refractivity contribution in [1.82, 2.24) is 0 Å². The first-order chi connectivity index (χ1) is 20.6. The van der Waals surface area contributed by atoms with Crippen molar-refractivity contribution in [2.24, 2.45) is 0 Å². The van der Waals surface area contributed by atoms with Crippen LogP contribution in [0.2, 0.25) is 0 Å². The van der Waals surface area contributed by atoms with Crippen LogP contribution < -0.4 is 4.90 Å². The Labute approximate surface area is 248 Å². The average molecular weight is 605 g/mol. The van der Waals surface area contributed by atoms with Gasteiger partial charge in [0.25, 0.3) is 0 Å². The van der Waals surface area contributed by atoms with Crippen LogP contribution in [0, 0.1) is 0 Å². The summed E-state index contributed by atoms with van der Waals surface area (Å²) in [6.45, 7) is 0. The van der Waals surface area contributed by atoms with E-state index in [1.165, 1.54) is 21.5 Å². The fourth-order valence-electron chi connectivity index (χ4n) is 5.93. The summed E-state index contributed by atoms with van der Waals surface area (Å²) in [7, 11) is 0. The molecule has 0 atom stereocenters. The molecule has 0 bridgehead atoms. The fourth-order valence-corrected chi connectivity index (χ4v) is 7.99. The Morgan fingerprint density at radius 3 is 1.83 bits per heavy atom. The molecule has 0 N–H and O–H groups in total. The predicted molar refractivity (Wildman–Crippen MR) is 174 cm³/mol. The van der Waals surface area contributed by atoms with Gasteiger partial charge in [0.1, 0.15) is 0 Å². The third-order valence-corrected chi connectivity index (χ3v) is 10.1. The van der Waals surface area contributed by atoms with E-state index in [2.05, 4.69) is 102 Å². The zero-order chi connectivity index (χ0) is 28.2. The van der Waals surface area contributed by atoms with Gasteiger partial charge in [0.2, 0.25) is 0 Å². The zero-order valence-corrected chi connectivity index (χ0v) is 24.2. The first-order valence-corrected chi connectivity index (χ1v) is 15.6. The van der Waals surface area contributed by atoms with Crippen LogP contribution in [0.1, 0.15) is 25.2 Å². The van der Waals surface area contributed by atoms with E-state index >= 15 is 0 Å². The molecule has 4 heteroatoms. The van der Waals surface area contributed by atoms with Gasteiger partial charge in [-0.3, -0.25) is 0 Å². The molecule has 1 heterocycles. The number of ketones is 2. The summed E-state index contributed by atoms with van der Waals surface area (Å²) in [5, 5.41) is 6.64.